The summed E-state index contributed by atoms with van der Waals surface area (Å²) in [6.07, 6.45) is 0. The van der Waals surface area contributed by atoms with Crippen LogP contribution in [0.15, 0.2) is 42.5 Å². The van der Waals surface area contributed by atoms with Crippen molar-refractivity contribution >= 4 is 11.6 Å². The first-order valence-electron chi connectivity index (χ1n) is 6.21. The molecule has 0 fully saturated rings. The van der Waals surface area contributed by atoms with Gasteiger partial charge >= 0.3 is 0 Å². The van der Waals surface area contributed by atoms with Gasteiger partial charge in [0.2, 0.25) is 5.28 Å². The summed E-state index contributed by atoms with van der Waals surface area (Å²) >= 11 is 6.05. The molecule has 0 atom stereocenters. The SMILES string of the molecule is Cc1ccccc1-n1nc(-c2c(F)cccc2F)nc1Cl. The highest BCUT2D eigenvalue weighted by molar-refractivity contribution is 6.28. The fourth-order valence-electron chi connectivity index (χ4n) is 2.06. The molecule has 0 N–H and O–H groups in total. The van der Waals surface area contributed by atoms with Gasteiger partial charge < -0.3 is 0 Å². The summed E-state index contributed by atoms with van der Waals surface area (Å²) < 4.78 is 28.9. The number of aryl methyl sites for hydroxylation is 1. The van der Waals surface area contributed by atoms with E-state index in [-0.39, 0.29) is 16.7 Å². The van der Waals surface area contributed by atoms with Gasteiger partial charge in [-0.2, -0.15) is 4.98 Å². The lowest BCUT2D eigenvalue weighted by Gasteiger charge is -2.05. The molecular weight excluding hydrogens is 296 g/mol. The van der Waals surface area contributed by atoms with E-state index in [1.807, 2.05) is 25.1 Å². The van der Waals surface area contributed by atoms with E-state index in [4.69, 9.17) is 11.6 Å². The Bertz CT molecular complexity index is 794. The second-order valence-corrected chi connectivity index (χ2v) is 4.84. The highest BCUT2D eigenvalue weighted by Gasteiger charge is 2.18. The Morgan fingerprint density at radius 1 is 1.00 bits per heavy atom. The van der Waals surface area contributed by atoms with E-state index in [9.17, 15) is 8.78 Å². The third kappa shape index (κ3) is 2.40. The van der Waals surface area contributed by atoms with E-state index < -0.39 is 11.6 Å². The zero-order valence-electron chi connectivity index (χ0n) is 11.0. The summed E-state index contributed by atoms with van der Waals surface area (Å²) in [5, 5.41) is 4.17. The average molecular weight is 306 g/mol. The predicted octanol–water partition coefficient (Wildman–Crippen LogP) is 4.17. The number of nitrogens with zero attached hydrogens (tertiary/aromatic N) is 3. The van der Waals surface area contributed by atoms with Crippen molar-refractivity contribution in [1.29, 1.82) is 0 Å². The maximum atomic E-state index is 13.8. The number of aromatic nitrogens is 3. The summed E-state index contributed by atoms with van der Waals surface area (Å²) in [6.45, 7) is 1.89. The molecule has 3 nitrogen and oxygen atoms in total. The first kappa shape index (κ1) is 13.7. The number of hydrogen-bond acceptors (Lipinski definition) is 2. The second-order valence-electron chi connectivity index (χ2n) is 4.50. The molecule has 1 heterocycles. The molecule has 0 saturated heterocycles. The maximum Gasteiger partial charge on any atom is 0.226 e. The van der Waals surface area contributed by atoms with E-state index in [0.29, 0.717) is 5.69 Å². The lowest BCUT2D eigenvalue weighted by atomic mass is 10.2. The van der Waals surface area contributed by atoms with Crippen LogP contribution in [-0.4, -0.2) is 14.8 Å². The monoisotopic (exact) mass is 305 g/mol. The Hall–Kier alpha value is -2.27. The molecule has 6 heteroatoms. The number of benzene rings is 2. The van der Waals surface area contributed by atoms with Crippen LogP contribution in [0.5, 0.6) is 0 Å². The van der Waals surface area contributed by atoms with E-state index in [0.717, 1.165) is 17.7 Å². The van der Waals surface area contributed by atoms with E-state index in [1.165, 1.54) is 10.7 Å². The van der Waals surface area contributed by atoms with Gasteiger partial charge in [-0.1, -0.05) is 24.3 Å². The van der Waals surface area contributed by atoms with Gasteiger partial charge in [0.05, 0.1) is 11.3 Å². The number of hydrogen-bond donors (Lipinski definition) is 0. The molecule has 1 aromatic heterocycles. The van der Waals surface area contributed by atoms with Crippen LogP contribution in [0, 0.1) is 18.6 Å². The highest BCUT2D eigenvalue weighted by Crippen LogP contribution is 2.26. The van der Waals surface area contributed by atoms with E-state index in [2.05, 4.69) is 10.1 Å². The van der Waals surface area contributed by atoms with Crippen LogP contribution in [0.4, 0.5) is 8.78 Å². The number of halogens is 3. The molecule has 0 aliphatic heterocycles. The molecule has 0 saturated carbocycles. The van der Waals surface area contributed by atoms with Crippen molar-refractivity contribution in [2.24, 2.45) is 0 Å². The molecule has 3 rings (SSSR count). The fraction of sp³-hybridized carbons (Fsp3) is 0.0667. The molecule has 0 radical (unpaired) electrons. The summed E-state index contributed by atoms with van der Waals surface area (Å²) in [6, 6.07) is 11.0. The van der Waals surface area contributed by atoms with Gasteiger partial charge in [0.15, 0.2) is 5.82 Å². The first-order valence-corrected chi connectivity index (χ1v) is 6.58. The minimum absolute atomic E-state index is 0.0435. The molecule has 106 valence electrons. The maximum absolute atomic E-state index is 13.8. The summed E-state index contributed by atoms with van der Waals surface area (Å²) in [4.78, 5) is 3.96. The van der Waals surface area contributed by atoms with Crippen molar-refractivity contribution < 1.29 is 8.78 Å². The lowest BCUT2D eigenvalue weighted by molar-refractivity contribution is 0.587. The molecular formula is C15H10ClF2N3. The van der Waals surface area contributed by atoms with Crippen molar-refractivity contribution in [3.8, 4) is 17.1 Å². The van der Waals surface area contributed by atoms with Crippen molar-refractivity contribution in [1.82, 2.24) is 14.8 Å². The molecule has 0 amide bonds. The van der Waals surface area contributed by atoms with Gasteiger partial charge in [-0.15, -0.1) is 5.10 Å². The standard InChI is InChI=1S/C15H10ClF2N3/c1-9-5-2-3-8-12(9)21-15(16)19-14(20-21)13-10(17)6-4-7-11(13)18/h2-8H,1H3. The van der Waals surface area contributed by atoms with Crippen molar-refractivity contribution in [2.75, 3.05) is 0 Å². The van der Waals surface area contributed by atoms with E-state index in [1.54, 1.807) is 6.07 Å². The molecule has 2 aromatic carbocycles. The molecule has 3 aromatic rings. The van der Waals surface area contributed by atoms with E-state index >= 15 is 0 Å². The van der Waals surface area contributed by atoms with Crippen LogP contribution in [0.1, 0.15) is 5.56 Å². The van der Waals surface area contributed by atoms with Gasteiger partial charge in [-0.3, -0.25) is 0 Å². The molecule has 0 bridgehead atoms. The van der Waals surface area contributed by atoms with Crippen LogP contribution in [-0.2, 0) is 0 Å². The minimum Gasteiger partial charge on any atom is -0.206 e. The van der Waals surface area contributed by atoms with Crippen molar-refractivity contribution in [3.05, 3.63) is 64.9 Å². The molecule has 0 aliphatic rings. The molecule has 0 spiro atoms. The Balaban J connectivity index is 2.17. The smallest absolute Gasteiger partial charge is 0.206 e. The minimum atomic E-state index is -0.728. The highest BCUT2D eigenvalue weighted by atomic mass is 35.5. The fourth-order valence-corrected chi connectivity index (χ4v) is 2.27. The van der Waals surface area contributed by atoms with Crippen LogP contribution >= 0.6 is 11.6 Å². The van der Waals surface area contributed by atoms with Crippen LogP contribution < -0.4 is 0 Å². The Labute approximate surface area is 124 Å². The Kier molecular flexibility index (Phi) is 3.43. The van der Waals surface area contributed by atoms with Crippen LogP contribution in [0.3, 0.4) is 0 Å². The van der Waals surface area contributed by atoms with Gasteiger partial charge in [0, 0.05) is 0 Å². The van der Waals surface area contributed by atoms with Gasteiger partial charge in [0.1, 0.15) is 11.6 Å². The Morgan fingerprint density at radius 2 is 1.67 bits per heavy atom. The average Bonchev–Trinajstić information content (AvgIpc) is 2.81. The van der Waals surface area contributed by atoms with Gasteiger partial charge in [-0.05, 0) is 42.3 Å². The zero-order valence-corrected chi connectivity index (χ0v) is 11.8. The summed E-state index contributed by atoms with van der Waals surface area (Å²) in [5.74, 6) is -1.54. The zero-order chi connectivity index (χ0) is 15.0. The van der Waals surface area contributed by atoms with Crippen molar-refractivity contribution in [3.63, 3.8) is 0 Å². The lowest BCUT2D eigenvalue weighted by Crippen LogP contribution is -1.99. The normalized spacial score (nSPS) is 10.9. The second kappa shape index (κ2) is 5.26. The van der Waals surface area contributed by atoms with Crippen LogP contribution in [0.25, 0.3) is 17.1 Å². The summed E-state index contributed by atoms with van der Waals surface area (Å²) in [7, 11) is 0. The predicted molar refractivity (Wildman–Crippen MR) is 76.5 cm³/mol. The number of rotatable bonds is 2. The number of para-hydroxylation sites is 1. The largest absolute Gasteiger partial charge is 0.226 e. The third-order valence-corrected chi connectivity index (χ3v) is 3.34. The van der Waals surface area contributed by atoms with Gasteiger partial charge in [0.25, 0.3) is 0 Å². The molecule has 0 aliphatic carbocycles. The van der Waals surface area contributed by atoms with Crippen molar-refractivity contribution in [2.45, 2.75) is 6.92 Å². The summed E-state index contributed by atoms with van der Waals surface area (Å²) in [5.41, 5.74) is 1.34. The first-order chi connectivity index (χ1) is 10.1. The van der Waals surface area contributed by atoms with Crippen LogP contribution in [0.2, 0.25) is 5.28 Å². The topological polar surface area (TPSA) is 30.7 Å². The van der Waals surface area contributed by atoms with Gasteiger partial charge in [-0.25, -0.2) is 13.5 Å². The third-order valence-electron chi connectivity index (χ3n) is 3.10. The quantitative estimate of drug-likeness (QED) is 0.711. The Morgan fingerprint density at radius 3 is 2.33 bits per heavy atom. The molecule has 21 heavy (non-hydrogen) atoms. The molecule has 0 unspecified atom stereocenters.